The molecule has 28 heavy (non-hydrogen) atoms. The highest BCUT2D eigenvalue weighted by Crippen LogP contribution is 2.30. The number of nitriles is 1. The Kier molecular flexibility index (Phi) is 6.25. The van der Waals surface area contributed by atoms with Crippen LogP contribution in [0.2, 0.25) is 5.02 Å². The number of benzene rings is 2. The summed E-state index contributed by atoms with van der Waals surface area (Å²) in [6.07, 6.45) is 1.43. The molecule has 1 amide bonds. The van der Waals surface area contributed by atoms with Crippen LogP contribution in [-0.4, -0.2) is 5.91 Å². The van der Waals surface area contributed by atoms with Crippen LogP contribution in [0.1, 0.15) is 16.9 Å². The molecule has 1 heterocycles. The number of anilines is 1. The summed E-state index contributed by atoms with van der Waals surface area (Å²) in [6.45, 7) is 3.88. The van der Waals surface area contributed by atoms with Gasteiger partial charge >= 0.3 is 0 Å². The van der Waals surface area contributed by atoms with Crippen LogP contribution in [-0.2, 0) is 4.79 Å². The van der Waals surface area contributed by atoms with Crippen molar-refractivity contribution in [2.75, 3.05) is 5.32 Å². The molecule has 3 rings (SSSR count). The topological polar surface area (TPSA) is 66.0 Å². The van der Waals surface area contributed by atoms with Gasteiger partial charge in [-0.2, -0.15) is 5.26 Å². The third-order valence-corrected chi connectivity index (χ3v) is 5.10. The normalized spacial score (nSPS) is 11.1. The molecule has 0 saturated carbocycles. The quantitative estimate of drug-likeness (QED) is 0.400. The molecule has 0 radical (unpaired) electrons. The van der Waals surface area contributed by atoms with E-state index in [0.29, 0.717) is 21.6 Å². The molecule has 0 fully saturated rings. The lowest BCUT2D eigenvalue weighted by molar-refractivity contribution is -0.112. The number of nitrogens with one attached hydrogen (secondary N) is 1. The van der Waals surface area contributed by atoms with Gasteiger partial charge in [-0.05, 0) is 55.8 Å². The molecule has 0 saturated heterocycles. The molecule has 0 atom stereocenters. The molecular formula is C22H17ClN2O2S. The van der Waals surface area contributed by atoms with Crippen molar-refractivity contribution in [3.63, 3.8) is 0 Å². The van der Waals surface area contributed by atoms with Crippen molar-refractivity contribution >= 4 is 41.0 Å². The van der Waals surface area contributed by atoms with Gasteiger partial charge in [-0.1, -0.05) is 47.1 Å². The molecule has 0 unspecified atom stereocenters. The van der Waals surface area contributed by atoms with E-state index in [2.05, 4.69) is 5.32 Å². The molecule has 3 aromatic rings. The van der Waals surface area contributed by atoms with Crippen LogP contribution in [0, 0.1) is 25.2 Å². The number of aryl methyl sites for hydroxylation is 2. The molecule has 2 aromatic carbocycles. The molecule has 140 valence electrons. The van der Waals surface area contributed by atoms with E-state index >= 15 is 0 Å². The fourth-order valence-electron chi connectivity index (χ4n) is 2.40. The van der Waals surface area contributed by atoms with Crippen LogP contribution >= 0.6 is 23.4 Å². The van der Waals surface area contributed by atoms with Crippen molar-refractivity contribution in [3.8, 4) is 6.07 Å². The van der Waals surface area contributed by atoms with Gasteiger partial charge in [-0.15, -0.1) is 0 Å². The zero-order valence-corrected chi connectivity index (χ0v) is 16.9. The minimum absolute atomic E-state index is 0.0550. The SMILES string of the molecule is Cc1ccc(Sc2ccc(/C=C(/C#N)C(=O)Nc3cc(Cl)ccc3C)o2)cc1. The second-order valence-corrected chi connectivity index (χ2v) is 7.67. The Morgan fingerprint density at radius 2 is 1.89 bits per heavy atom. The average Bonchev–Trinajstić information content (AvgIpc) is 3.11. The van der Waals surface area contributed by atoms with E-state index < -0.39 is 5.91 Å². The van der Waals surface area contributed by atoms with Crippen LogP contribution in [0.3, 0.4) is 0 Å². The van der Waals surface area contributed by atoms with Crippen molar-refractivity contribution < 1.29 is 9.21 Å². The van der Waals surface area contributed by atoms with Crippen LogP contribution in [0.4, 0.5) is 5.69 Å². The minimum Gasteiger partial charge on any atom is -0.450 e. The summed E-state index contributed by atoms with van der Waals surface area (Å²) in [6, 6.07) is 18.7. The molecule has 0 aliphatic heterocycles. The van der Waals surface area contributed by atoms with Crippen LogP contribution in [0.25, 0.3) is 6.08 Å². The molecule has 6 heteroatoms. The fraction of sp³-hybridized carbons (Fsp3) is 0.0909. The van der Waals surface area contributed by atoms with Gasteiger partial charge in [0, 0.05) is 21.7 Å². The highest BCUT2D eigenvalue weighted by molar-refractivity contribution is 7.99. The first-order chi connectivity index (χ1) is 13.4. The predicted octanol–water partition coefficient (Wildman–Crippen LogP) is 6.25. The summed E-state index contributed by atoms with van der Waals surface area (Å²) in [5, 5.41) is 13.3. The second-order valence-electron chi connectivity index (χ2n) is 6.16. The van der Waals surface area contributed by atoms with Crippen molar-refractivity contribution in [2.24, 2.45) is 0 Å². The monoisotopic (exact) mass is 408 g/mol. The third-order valence-electron chi connectivity index (χ3n) is 3.94. The number of nitrogens with zero attached hydrogens (tertiary/aromatic N) is 1. The van der Waals surface area contributed by atoms with Gasteiger partial charge < -0.3 is 9.73 Å². The highest BCUT2D eigenvalue weighted by atomic mass is 35.5. The standard InChI is InChI=1S/C22H17ClN2O2S/c1-14-3-8-19(9-4-14)28-21-10-7-18(27-21)11-16(13-24)22(26)25-20-12-17(23)6-5-15(20)2/h3-12H,1-2H3,(H,25,26)/b16-11-. The predicted molar refractivity (Wildman–Crippen MR) is 112 cm³/mol. The molecule has 0 aliphatic rings. The Morgan fingerprint density at radius 3 is 2.61 bits per heavy atom. The minimum atomic E-state index is -0.517. The first kappa shape index (κ1) is 19.8. The summed E-state index contributed by atoms with van der Waals surface area (Å²) in [7, 11) is 0. The van der Waals surface area contributed by atoms with Gasteiger partial charge in [0.15, 0.2) is 5.09 Å². The third kappa shape index (κ3) is 5.07. The Labute approximate surface area is 172 Å². The maximum atomic E-state index is 12.4. The van der Waals surface area contributed by atoms with E-state index in [0.717, 1.165) is 10.5 Å². The van der Waals surface area contributed by atoms with Gasteiger partial charge in [0.1, 0.15) is 17.4 Å². The summed E-state index contributed by atoms with van der Waals surface area (Å²) in [4.78, 5) is 13.5. The molecule has 4 nitrogen and oxygen atoms in total. The fourth-order valence-corrected chi connectivity index (χ4v) is 3.35. The average molecular weight is 409 g/mol. The number of hydrogen-bond donors (Lipinski definition) is 1. The van der Waals surface area contributed by atoms with Crippen LogP contribution in [0.5, 0.6) is 0 Å². The Balaban J connectivity index is 1.74. The lowest BCUT2D eigenvalue weighted by atomic mass is 10.1. The first-order valence-electron chi connectivity index (χ1n) is 8.48. The van der Waals surface area contributed by atoms with Crippen molar-refractivity contribution in [2.45, 2.75) is 23.8 Å². The van der Waals surface area contributed by atoms with Crippen LogP contribution < -0.4 is 5.32 Å². The van der Waals surface area contributed by atoms with E-state index in [9.17, 15) is 10.1 Å². The summed E-state index contributed by atoms with van der Waals surface area (Å²) < 4.78 is 5.73. The number of carbonyl (C=O) groups is 1. The molecule has 1 N–H and O–H groups in total. The Morgan fingerprint density at radius 1 is 1.14 bits per heavy atom. The van der Waals surface area contributed by atoms with E-state index in [4.69, 9.17) is 16.0 Å². The number of amides is 1. The Hall–Kier alpha value is -2.94. The largest absolute Gasteiger partial charge is 0.450 e. The molecule has 0 aliphatic carbocycles. The maximum absolute atomic E-state index is 12.4. The summed E-state index contributed by atoms with van der Waals surface area (Å²) in [5.41, 5.74) is 2.55. The summed E-state index contributed by atoms with van der Waals surface area (Å²) in [5.74, 6) is -0.0823. The van der Waals surface area contributed by atoms with Gasteiger partial charge in [-0.25, -0.2) is 0 Å². The molecule has 1 aromatic heterocycles. The zero-order chi connectivity index (χ0) is 20.1. The van der Waals surface area contributed by atoms with Crippen molar-refractivity contribution in [3.05, 3.63) is 82.1 Å². The second kappa shape index (κ2) is 8.83. The molecular weight excluding hydrogens is 392 g/mol. The number of rotatable bonds is 5. The van der Waals surface area contributed by atoms with Crippen LogP contribution in [0.15, 0.2) is 74.6 Å². The smallest absolute Gasteiger partial charge is 0.266 e. The highest BCUT2D eigenvalue weighted by Gasteiger charge is 2.13. The lowest BCUT2D eigenvalue weighted by Gasteiger charge is -2.08. The van der Waals surface area contributed by atoms with E-state index in [-0.39, 0.29) is 5.57 Å². The van der Waals surface area contributed by atoms with Gasteiger partial charge in [0.2, 0.25) is 0 Å². The number of carbonyl (C=O) groups excluding carboxylic acids is 1. The van der Waals surface area contributed by atoms with E-state index in [1.54, 1.807) is 24.3 Å². The van der Waals surface area contributed by atoms with Gasteiger partial charge in [0.25, 0.3) is 5.91 Å². The van der Waals surface area contributed by atoms with Crippen molar-refractivity contribution in [1.29, 1.82) is 5.26 Å². The molecule has 0 bridgehead atoms. The maximum Gasteiger partial charge on any atom is 0.266 e. The zero-order valence-electron chi connectivity index (χ0n) is 15.3. The number of halogens is 1. The van der Waals surface area contributed by atoms with E-state index in [1.807, 2.05) is 50.2 Å². The first-order valence-corrected chi connectivity index (χ1v) is 9.68. The Bertz CT molecular complexity index is 1080. The van der Waals surface area contributed by atoms with Gasteiger partial charge in [0.05, 0.1) is 0 Å². The summed E-state index contributed by atoms with van der Waals surface area (Å²) >= 11 is 7.45. The lowest BCUT2D eigenvalue weighted by Crippen LogP contribution is -2.14. The number of hydrogen-bond acceptors (Lipinski definition) is 4. The van der Waals surface area contributed by atoms with Crippen molar-refractivity contribution in [1.82, 2.24) is 0 Å². The van der Waals surface area contributed by atoms with E-state index in [1.165, 1.54) is 23.4 Å². The molecule has 0 spiro atoms. The van der Waals surface area contributed by atoms with Gasteiger partial charge in [-0.3, -0.25) is 4.79 Å². The number of furan rings is 1.